The summed E-state index contributed by atoms with van der Waals surface area (Å²) in [6.45, 7) is 10.0. The molecule has 0 radical (unpaired) electrons. The van der Waals surface area contributed by atoms with Crippen molar-refractivity contribution in [1.82, 2.24) is 30.0 Å². The van der Waals surface area contributed by atoms with Crippen LogP contribution in [-0.2, 0) is 6.54 Å². The number of aliphatic hydroxyl groups excluding tert-OH is 1. The second-order valence-corrected chi connectivity index (χ2v) is 9.32. The van der Waals surface area contributed by atoms with Crippen LogP contribution < -0.4 is 15.6 Å². The molecule has 178 valence electrons. The van der Waals surface area contributed by atoms with Gasteiger partial charge < -0.3 is 19.7 Å². The number of hydrogen-bond donors (Lipinski definition) is 3. The number of piperidine rings is 1. The molecular formula is C24H34N6O3. The first-order valence-electron chi connectivity index (χ1n) is 11.6. The summed E-state index contributed by atoms with van der Waals surface area (Å²) in [6, 6.07) is 3.83. The molecule has 33 heavy (non-hydrogen) atoms. The molecule has 0 bridgehead atoms. The van der Waals surface area contributed by atoms with Crippen LogP contribution in [0, 0.1) is 13.8 Å². The second-order valence-electron chi connectivity index (χ2n) is 9.32. The molecule has 3 N–H and O–H groups in total. The number of hydrogen-bond acceptors (Lipinski definition) is 7. The molecule has 9 nitrogen and oxygen atoms in total. The van der Waals surface area contributed by atoms with Crippen molar-refractivity contribution < 1.29 is 9.84 Å². The number of aromatic nitrogens is 4. The highest BCUT2D eigenvalue weighted by Gasteiger charge is 2.23. The summed E-state index contributed by atoms with van der Waals surface area (Å²) in [5.41, 5.74) is 3.47. The lowest BCUT2D eigenvalue weighted by Gasteiger charge is -2.29. The minimum absolute atomic E-state index is 0.0910. The fourth-order valence-corrected chi connectivity index (χ4v) is 4.37. The van der Waals surface area contributed by atoms with Crippen LogP contribution in [-0.4, -0.2) is 56.0 Å². The largest absolute Gasteiger partial charge is 0.474 e. The van der Waals surface area contributed by atoms with Gasteiger partial charge >= 0.3 is 0 Å². The summed E-state index contributed by atoms with van der Waals surface area (Å²) < 4.78 is 8.08. The Hall–Kier alpha value is -2.75. The van der Waals surface area contributed by atoms with Crippen molar-refractivity contribution in [3.8, 4) is 5.88 Å². The number of fused-ring (bicyclic) bond motifs is 1. The maximum Gasteiger partial charge on any atom is 0.252 e. The molecule has 3 aromatic heterocycles. The van der Waals surface area contributed by atoms with Gasteiger partial charge in [-0.15, -0.1) is 0 Å². The zero-order valence-corrected chi connectivity index (χ0v) is 20.1. The van der Waals surface area contributed by atoms with Gasteiger partial charge in [-0.2, -0.15) is 10.1 Å². The first-order chi connectivity index (χ1) is 15.7. The lowest BCUT2D eigenvalue weighted by atomic mass is 10.1. The third kappa shape index (κ3) is 5.10. The topological polar surface area (TPSA) is 108 Å². The molecule has 0 aromatic carbocycles. The number of aromatic amines is 1. The fourth-order valence-electron chi connectivity index (χ4n) is 4.37. The normalized spacial score (nSPS) is 16.6. The van der Waals surface area contributed by atoms with Crippen LogP contribution in [0.5, 0.6) is 5.88 Å². The number of aliphatic hydroxyl groups is 1. The maximum atomic E-state index is 12.4. The van der Waals surface area contributed by atoms with Gasteiger partial charge in [0, 0.05) is 53.9 Å². The SMILES string of the molecule is Cc1cc(C)c(CNC(O)c2cc(OC3CCN(C)CC3)nc3c2cnn3C(C)C)c(=O)[nH]1. The third-order valence-electron chi connectivity index (χ3n) is 6.28. The zero-order chi connectivity index (χ0) is 23.7. The van der Waals surface area contributed by atoms with E-state index in [0.717, 1.165) is 42.6 Å². The van der Waals surface area contributed by atoms with Gasteiger partial charge in [0.15, 0.2) is 5.65 Å². The Morgan fingerprint density at radius 2 is 2.00 bits per heavy atom. The Bertz CT molecular complexity index is 1180. The van der Waals surface area contributed by atoms with E-state index >= 15 is 0 Å². The molecule has 1 fully saturated rings. The molecule has 0 amide bonds. The van der Waals surface area contributed by atoms with E-state index in [2.05, 4.69) is 27.3 Å². The first kappa shape index (κ1) is 23.4. The van der Waals surface area contributed by atoms with Gasteiger partial charge in [0.1, 0.15) is 12.3 Å². The fraction of sp³-hybridized carbons (Fsp3) is 0.542. The Kier molecular flexibility index (Phi) is 6.83. The van der Waals surface area contributed by atoms with E-state index in [-0.39, 0.29) is 24.2 Å². The highest BCUT2D eigenvalue weighted by Crippen LogP contribution is 2.29. The Balaban J connectivity index is 1.63. The molecule has 0 spiro atoms. The van der Waals surface area contributed by atoms with Crippen LogP contribution in [0.4, 0.5) is 0 Å². The maximum absolute atomic E-state index is 12.4. The highest BCUT2D eigenvalue weighted by molar-refractivity contribution is 5.80. The number of nitrogens with zero attached hydrogens (tertiary/aromatic N) is 4. The third-order valence-corrected chi connectivity index (χ3v) is 6.28. The molecule has 4 rings (SSSR count). The summed E-state index contributed by atoms with van der Waals surface area (Å²) in [5, 5.41) is 19.4. The number of rotatable bonds is 7. The monoisotopic (exact) mass is 454 g/mol. The van der Waals surface area contributed by atoms with Crippen LogP contribution in [0.25, 0.3) is 11.0 Å². The van der Waals surface area contributed by atoms with Gasteiger partial charge in [-0.25, -0.2) is 4.68 Å². The molecule has 4 heterocycles. The van der Waals surface area contributed by atoms with E-state index in [4.69, 9.17) is 9.72 Å². The first-order valence-corrected chi connectivity index (χ1v) is 11.6. The van der Waals surface area contributed by atoms with Crippen LogP contribution in [0.3, 0.4) is 0 Å². The predicted octanol–water partition coefficient (Wildman–Crippen LogP) is 2.57. The van der Waals surface area contributed by atoms with Crippen molar-refractivity contribution in [1.29, 1.82) is 0 Å². The number of ether oxygens (including phenoxy) is 1. The van der Waals surface area contributed by atoms with Crippen molar-refractivity contribution in [2.24, 2.45) is 0 Å². The van der Waals surface area contributed by atoms with Crippen molar-refractivity contribution in [3.63, 3.8) is 0 Å². The molecule has 1 unspecified atom stereocenters. The number of nitrogens with one attached hydrogen (secondary N) is 2. The van der Waals surface area contributed by atoms with Gasteiger partial charge in [-0.3, -0.25) is 10.1 Å². The van der Waals surface area contributed by atoms with Crippen LogP contribution in [0.2, 0.25) is 0 Å². The number of pyridine rings is 2. The minimum atomic E-state index is -1.01. The molecule has 1 saturated heterocycles. The van der Waals surface area contributed by atoms with Crippen LogP contribution >= 0.6 is 0 Å². The average molecular weight is 455 g/mol. The Labute approximate surface area is 193 Å². The molecule has 0 aliphatic carbocycles. The van der Waals surface area contributed by atoms with E-state index < -0.39 is 6.23 Å². The smallest absolute Gasteiger partial charge is 0.252 e. The summed E-state index contributed by atoms with van der Waals surface area (Å²) in [4.78, 5) is 22.2. The van der Waals surface area contributed by atoms with Gasteiger partial charge in [0.2, 0.25) is 5.88 Å². The lowest BCUT2D eigenvalue weighted by Crippen LogP contribution is -2.35. The molecule has 1 atom stereocenters. The Morgan fingerprint density at radius 1 is 1.27 bits per heavy atom. The van der Waals surface area contributed by atoms with E-state index in [0.29, 0.717) is 22.7 Å². The summed E-state index contributed by atoms with van der Waals surface area (Å²) in [6.07, 6.45) is 2.68. The second kappa shape index (κ2) is 9.62. The predicted molar refractivity (Wildman–Crippen MR) is 127 cm³/mol. The highest BCUT2D eigenvalue weighted by atomic mass is 16.5. The number of aryl methyl sites for hydroxylation is 2. The molecule has 1 aliphatic heterocycles. The average Bonchev–Trinajstić information content (AvgIpc) is 3.18. The van der Waals surface area contributed by atoms with Crippen molar-refractivity contribution in [3.05, 3.63) is 51.1 Å². The number of likely N-dealkylation sites (tertiary alicyclic amines) is 1. The Morgan fingerprint density at radius 3 is 2.67 bits per heavy atom. The molecular weight excluding hydrogens is 420 g/mol. The van der Waals surface area contributed by atoms with E-state index in [1.54, 1.807) is 12.3 Å². The zero-order valence-electron chi connectivity index (χ0n) is 20.1. The van der Waals surface area contributed by atoms with Crippen molar-refractivity contribution in [2.45, 2.75) is 65.5 Å². The van der Waals surface area contributed by atoms with Crippen molar-refractivity contribution >= 4 is 11.0 Å². The van der Waals surface area contributed by atoms with Crippen LogP contribution in [0.1, 0.15) is 61.3 Å². The lowest BCUT2D eigenvalue weighted by molar-refractivity contribution is 0.108. The summed E-state index contributed by atoms with van der Waals surface area (Å²) >= 11 is 0. The van der Waals surface area contributed by atoms with Gasteiger partial charge in [-0.05, 0) is 59.2 Å². The quantitative estimate of drug-likeness (QED) is 0.471. The van der Waals surface area contributed by atoms with Gasteiger partial charge in [0.05, 0.1) is 6.20 Å². The molecule has 3 aromatic rings. The molecule has 0 saturated carbocycles. The summed E-state index contributed by atoms with van der Waals surface area (Å²) in [5.74, 6) is 0.486. The van der Waals surface area contributed by atoms with Gasteiger partial charge in [-0.1, -0.05) is 0 Å². The van der Waals surface area contributed by atoms with Crippen LogP contribution in [0.15, 0.2) is 23.1 Å². The molecule has 1 aliphatic rings. The summed E-state index contributed by atoms with van der Waals surface area (Å²) in [7, 11) is 2.11. The standard InChI is InChI=1S/C24H34N6O3/c1-14(2)30-22-20(13-26-30)18(11-21(28-22)33-17-6-8-29(5)9-7-17)23(31)25-12-19-15(3)10-16(4)27-24(19)32/h10-11,13-14,17,23,25,31H,6-9,12H2,1-5H3,(H,27,32). The van der Waals surface area contributed by atoms with Gasteiger partial charge in [0.25, 0.3) is 5.56 Å². The van der Waals surface area contributed by atoms with E-state index in [9.17, 15) is 9.90 Å². The number of H-pyrrole nitrogens is 1. The van der Waals surface area contributed by atoms with Crippen molar-refractivity contribution in [2.75, 3.05) is 20.1 Å². The van der Waals surface area contributed by atoms with E-state index in [1.807, 2.05) is 38.4 Å². The molecule has 9 heteroatoms. The minimum Gasteiger partial charge on any atom is -0.474 e. The van der Waals surface area contributed by atoms with E-state index in [1.165, 1.54) is 0 Å².